The van der Waals surface area contributed by atoms with Gasteiger partial charge in [-0.25, -0.2) is 4.63 Å². The number of benzene rings is 1. The number of aryl methyl sites for hydroxylation is 1. The number of ketones is 1. The molecule has 1 saturated heterocycles. The van der Waals surface area contributed by atoms with Crippen LogP contribution >= 0.6 is 0 Å². The molecule has 6 heteroatoms. The molecular weight excluding hydrogens is 328 g/mol. The Labute approximate surface area is 152 Å². The van der Waals surface area contributed by atoms with Gasteiger partial charge in [0, 0.05) is 35.8 Å². The summed E-state index contributed by atoms with van der Waals surface area (Å²) in [6.07, 6.45) is 2.75. The number of carbonyl (C=O) groups excluding carboxylic acids is 1. The van der Waals surface area contributed by atoms with Crippen LogP contribution in [0.5, 0.6) is 0 Å². The molecule has 1 aliphatic rings. The van der Waals surface area contributed by atoms with E-state index in [4.69, 9.17) is 4.63 Å². The van der Waals surface area contributed by atoms with Gasteiger partial charge in [-0.3, -0.25) is 9.78 Å². The first-order valence-corrected chi connectivity index (χ1v) is 9.10. The standard InChI is InChI=1S/C20H22N4O2/c1-14-3-2-4-17(21-14)9-12-24-10-7-15(8-11-24)20(25)16-5-6-18-19(13-16)23-26-22-18/h2-6,13,15H,7-12H2,1H3. The summed E-state index contributed by atoms with van der Waals surface area (Å²) in [5.74, 6) is 0.288. The van der Waals surface area contributed by atoms with Crippen LogP contribution in [0.2, 0.25) is 0 Å². The largest absolute Gasteiger partial charge is 0.303 e. The number of aromatic nitrogens is 3. The molecule has 26 heavy (non-hydrogen) atoms. The number of nitrogens with zero attached hydrogens (tertiary/aromatic N) is 4. The second-order valence-electron chi connectivity index (χ2n) is 6.97. The summed E-state index contributed by atoms with van der Waals surface area (Å²) < 4.78 is 4.71. The van der Waals surface area contributed by atoms with Crippen LogP contribution < -0.4 is 0 Å². The van der Waals surface area contributed by atoms with E-state index >= 15 is 0 Å². The van der Waals surface area contributed by atoms with Crippen molar-refractivity contribution in [3.8, 4) is 0 Å². The fourth-order valence-corrected chi connectivity index (χ4v) is 3.60. The molecule has 0 bridgehead atoms. The van der Waals surface area contributed by atoms with Crippen molar-refractivity contribution in [3.63, 3.8) is 0 Å². The maximum atomic E-state index is 12.8. The summed E-state index contributed by atoms with van der Waals surface area (Å²) in [4.78, 5) is 19.8. The Bertz CT molecular complexity index is 913. The minimum Gasteiger partial charge on any atom is -0.303 e. The Morgan fingerprint density at radius 1 is 1.15 bits per heavy atom. The minimum absolute atomic E-state index is 0.0839. The van der Waals surface area contributed by atoms with E-state index in [2.05, 4.69) is 32.3 Å². The summed E-state index contributed by atoms with van der Waals surface area (Å²) in [5.41, 5.74) is 4.22. The molecule has 0 N–H and O–H groups in total. The Balaban J connectivity index is 1.32. The smallest absolute Gasteiger partial charge is 0.166 e. The van der Waals surface area contributed by atoms with Gasteiger partial charge in [-0.15, -0.1) is 0 Å². The highest BCUT2D eigenvalue weighted by Gasteiger charge is 2.26. The molecule has 0 atom stereocenters. The van der Waals surface area contributed by atoms with Crippen molar-refractivity contribution in [2.75, 3.05) is 19.6 Å². The third-order valence-electron chi connectivity index (χ3n) is 5.13. The number of hydrogen-bond acceptors (Lipinski definition) is 6. The number of fused-ring (bicyclic) bond motifs is 1. The third-order valence-corrected chi connectivity index (χ3v) is 5.13. The number of Topliss-reactive ketones (excluding diaryl/α,β-unsaturated/α-hetero) is 1. The summed E-state index contributed by atoms with van der Waals surface area (Å²) in [7, 11) is 0. The molecule has 2 aromatic heterocycles. The van der Waals surface area contributed by atoms with Crippen LogP contribution in [-0.2, 0) is 6.42 Å². The fraction of sp³-hybridized carbons (Fsp3) is 0.400. The summed E-state index contributed by atoms with van der Waals surface area (Å²) in [6.45, 7) is 4.92. The Morgan fingerprint density at radius 2 is 1.96 bits per heavy atom. The maximum Gasteiger partial charge on any atom is 0.166 e. The van der Waals surface area contributed by atoms with Gasteiger partial charge in [-0.05, 0) is 73.5 Å². The summed E-state index contributed by atoms with van der Waals surface area (Å²) in [5, 5.41) is 7.61. The van der Waals surface area contributed by atoms with Gasteiger partial charge in [0.1, 0.15) is 11.0 Å². The van der Waals surface area contributed by atoms with Gasteiger partial charge in [-0.1, -0.05) is 6.07 Å². The number of rotatable bonds is 5. The first-order chi connectivity index (χ1) is 12.7. The van der Waals surface area contributed by atoms with Crippen LogP contribution in [0.25, 0.3) is 11.0 Å². The monoisotopic (exact) mass is 350 g/mol. The lowest BCUT2D eigenvalue weighted by Crippen LogP contribution is -2.37. The molecule has 0 amide bonds. The van der Waals surface area contributed by atoms with Gasteiger partial charge in [0.15, 0.2) is 5.78 Å². The second-order valence-corrected chi connectivity index (χ2v) is 6.97. The highest BCUT2D eigenvalue weighted by Crippen LogP contribution is 2.23. The van der Waals surface area contributed by atoms with Crippen LogP contribution in [0.4, 0.5) is 0 Å². The number of pyridine rings is 1. The molecule has 4 rings (SSSR count). The normalized spacial score (nSPS) is 16.2. The van der Waals surface area contributed by atoms with Crippen molar-refractivity contribution >= 4 is 16.8 Å². The molecule has 0 saturated carbocycles. The SMILES string of the molecule is Cc1cccc(CCN2CCC(C(=O)c3ccc4nonc4c3)CC2)n1. The van der Waals surface area contributed by atoms with Crippen molar-refractivity contribution in [3.05, 3.63) is 53.3 Å². The molecule has 0 spiro atoms. The van der Waals surface area contributed by atoms with Crippen molar-refractivity contribution in [2.45, 2.75) is 26.2 Å². The van der Waals surface area contributed by atoms with E-state index in [0.717, 1.165) is 50.3 Å². The van der Waals surface area contributed by atoms with E-state index in [-0.39, 0.29) is 11.7 Å². The minimum atomic E-state index is 0.0839. The predicted octanol–water partition coefficient (Wildman–Crippen LogP) is 3.06. The first-order valence-electron chi connectivity index (χ1n) is 9.10. The second kappa shape index (κ2) is 7.33. The van der Waals surface area contributed by atoms with E-state index in [9.17, 15) is 4.79 Å². The molecule has 134 valence electrons. The molecule has 0 aliphatic carbocycles. The number of likely N-dealkylation sites (tertiary alicyclic amines) is 1. The van der Waals surface area contributed by atoms with E-state index in [0.29, 0.717) is 16.6 Å². The van der Waals surface area contributed by atoms with Gasteiger partial charge in [0.25, 0.3) is 0 Å². The lowest BCUT2D eigenvalue weighted by atomic mass is 9.88. The van der Waals surface area contributed by atoms with Crippen molar-refractivity contribution in [1.29, 1.82) is 0 Å². The lowest BCUT2D eigenvalue weighted by molar-refractivity contribution is 0.0841. The zero-order chi connectivity index (χ0) is 17.9. The maximum absolute atomic E-state index is 12.8. The van der Waals surface area contributed by atoms with Gasteiger partial charge >= 0.3 is 0 Å². The van der Waals surface area contributed by atoms with Gasteiger partial charge in [0.05, 0.1) is 0 Å². The molecular formula is C20H22N4O2. The average molecular weight is 350 g/mol. The van der Waals surface area contributed by atoms with Crippen LogP contribution in [-0.4, -0.2) is 45.6 Å². The molecule has 6 nitrogen and oxygen atoms in total. The molecule has 3 heterocycles. The van der Waals surface area contributed by atoms with E-state index in [1.165, 1.54) is 0 Å². The van der Waals surface area contributed by atoms with Crippen LogP contribution in [0, 0.1) is 12.8 Å². The van der Waals surface area contributed by atoms with Gasteiger partial charge < -0.3 is 4.90 Å². The fourth-order valence-electron chi connectivity index (χ4n) is 3.60. The highest BCUT2D eigenvalue weighted by molar-refractivity contribution is 6.00. The quantitative estimate of drug-likeness (QED) is 0.659. The van der Waals surface area contributed by atoms with Gasteiger partial charge in [-0.2, -0.15) is 0 Å². The van der Waals surface area contributed by atoms with Crippen LogP contribution in [0.15, 0.2) is 41.0 Å². The Morgan fingerprint density at radius 3 is 2.77 bits per heavy atom. The summed E-state index contributed by atoms with van der Waals surface area (Å²) in [6, 6.07) is 11.6. The lowest BCUT2D eigenvalue weighted by Gasteiger charge is -2.31. The van der Waals surface area contributed by atoms with Crippen molar-refractivity contribution in [2.24, 2.45) is 5.92 Å². The number of carbonyl (C=O) groups is 1. The molecule has 1 fully saturated rings. The van der Waals surface area contributed by atoms with E-state index < -0.39 is 0 Å². The molecule has 0 unspecified atom stereocenters. The zero-order valence-electron chi connectivity index (χ0n) is 14.9. The molecule has 1 aromatic carbocycles. The Kier molecular flexibility index (Phi) is 4.75. The first kappa shape index (κ1) is 16.8. The molecule has 1 aliphatic heterocycles. The van der Waals surface area contributed by atoms with E-state index in [1.54, 1.807) is 12.1 Å². The summed E-state index contributed by atoms with van der Waals surface area (Å²) >= 11 is 0. The number of piperidine rings is 1. The highest BCUT2D eigenvalue weighted by atomic mass is 16.6. The molecule has 3 aromatic rings. The van der Waals surface area contributed by atoms with E-state index in [1.807, 2.05) is 19.1 Å². The van der Waals surface area contributed by atoms with Gasteiger partial charge in [0.2, 0.25) is 0 Å². The number of hydrogen-bond donors (Lipinski definition) is 0. The van der Waals surface area contributed by atoms with Crippen molar-refractivity contribution in [1.82, 2.24) is 20.2 Å². The predicted molar refractivity (Wildman–Crippen MR) is 98.0 cm³/mol. The van der Waals surface area contributed by atoms with Crippen molar-refractivity contribution < 1.29 is 9.42 Å². The third kappa shape index (κ3) is 3.65. The Hall–Kier alpha value is -2.60. The average Bonchev–Trinajstić information content (AvgIpc) is 3.14. The topological polar surface area (TPSA) is 72.1 Å². The zero-order valence-corrected chi connectivity index (χ0v) is 14.9. The van der Waals surface area contributed by atoms with Crippen LogP contribution in [0.3, 0.4) is 0 Å². The van der Waals surface area contributed by atoms with Crippen LogP contribution in [0.1, 0.15) is 34.6 Å². The molecule has 0 radical (unpaired) electrons.